The fourth-order valence-electron chi connectivity index (χ4n) is 2.09. The van der Waals surface area contributed by atoms with Crippen molar-refractivity contribution in [2.45, 2.75) is 18.9 Å². The van der Waals surface area contributed by atoms with Crippen LogP contribution in [0.15, 0.2) is 46.8 Å². The van der Waals surface area contributed by atoms with Gasteiger partial charge in [-0.3, -0.25) is 14.8 Å². The molecule has 3 heterocycles. The molecule has 0 spiro atoms. The zero-order valence-electron chi connectivity index (χ0n) is 13.0. The van der Waals surface area contributed by atoms with Gasteiger partial charge in [0.25, 0.3) is 0 Å². The van der Waals surface area contributed by atoms with Gasteiger partial charge >= 0.3 is 0 Å². The summed E-state index contributed by atoms with van der Waals surface area (Å²) in [5.41, 5.74) is 0.0668. The molecule has 0 saturated carbocycles. The van der Waals surface area contributed by atoms with Crippen molar-refractivity contribution in [3.8, 4) is 10.7 Å². The van der Waals surface area contributed by atoms with E-state index in [-0.39, 0.29) is 18.9 Å². The predicted molar refractivity (Wildman–Crippen MR) is 88.1 cm³/mol. The Morgan fingerprint density at radius 2 is 2.33 bits per heavy atom. The first-order valence-corrected chi connectivity index (χ1v) is 8.16. The molecule has 1 amide bonds. The average molecular weight is 344 g/mol. The van der Waals surface area contributed by atoms with Gasteiger partial charge in [-0.1, -0.05) is 0 Å². The Kier molecular flexibility index (Phi) is 4.68. The number of aromatic nitrogens is 3. The van der Waals surface area contributed by atoms with Crippen molar-refractivity contribution >= 4 is 17.2 Å². The number of amides is 1. The number of thiazole rings is 1. The fraction of sp³-hybridized carbons (Fsp3) is 0.250. The van der Waals surface area contributed by atoms with E-state index in [2.05, 4.69) is 20.3 Å². The highest BCUT2D eigenvalue weighted by Gasteiger charge is 2.26. The van der Waals surface area contributed by atoms with E-state index in [0.29, 0.717) is 22.2 Å². The molecule has 0 fully saturated rings. The van der Waals surface area contributed by atoms with Crippen LogP contribution in [0.25, 0.3) is 10.7 Å². The van der Waals surface area contributed by atoms with Gasteiger partial charge in [-0.25, -0.2) is 4.98 Å². The monoisotopic (exact) mass is 344 g/mol. The summed E-state index contributed by atoms with van der Waals surface area (Å²) in [4.78, 5) is 24.6. The minimum atomic E-state index is -1.26. The van der Waals surface area contributed by atoms with E-state index in [1.165, 1.54) is 17.6 Å². The third-order valence-electron chi connectivity index (χ3n) is 3.36. The van der Waals surface area contributed by atoms with Crippen LogP contribution in [0.2, 0.25) is 0 Å². The largest absolute Gasteiger partial charge is 0.466 e. The lowest BCUT2D eigenvalue weighted by Crippen LogP contribution is -2.39. The highest BCUT2D eigenvalue weighted by atomic mass is 32.1. The van der Waals surface area contributed by atoms with E-state index in [4.69, 9.17) is 4.42 Å². The molecule has 24 heavy (non-hydrogen) atoms. The van der Waals surface area contributed by atoms with Crippen LogP contribution >= 0.6 is 11.3 Å². The minimum absolute atomic E-state index is 0.0561. The number of nitrogens with zero attached hydrogens (tertiary/aromatic N) is 3. The molecule has 3 rings (SSSR count). The van der Waals surface area contributed by atoms with Gasteiger partial charge in [0.2, 0.25) is 5.91 Å². The quantitative estimate of drug-likeness (QED) is 0.706. The molecule has 0 aliphatic rings. The number of furan rings is 1. The van der Waals surface area contributed by atoms with Gasteiger partial charge in [-0.15, -0.1) is 11.3 Å². The van der Waals surface area contributed by atoms with E-state index in [1.54, 1.807) is 37.6 Å². The molecule has 0 aliphatic heterocycles. The van der Waals surface area contributed by atoms with Gasteiger partial charge in [-0.05, 0) is 19.1 Å². The molecule has 3 aromatic rings. The van der Waals surface area contributed by atoms with Crippen LogP contribution in [0.1, 0.15) is 18.4 Å². The second kappa shape index (κ2) is 6.90. The molecule has 1 unspecified atom stereocenters. The van der Waals surface area contributed by atoms with Gasteiger partial charge in [0.1, 0.15) is 22.1 Å². The Hall–Kier alpha value is -2.58. The summed E-state index contributed by atoms with van der Waals surface area (Å²) in [5.74, 6) is 0.180. The van der Waals surface area contributed by atoms with E-state index in [1.807, 2.05) is 5.38 Å². The summed E-state index contributed by atoms with van der Waals surface area (Å²) in [6.45, 7) is 1.64. The van der Waals surface area contributed by atoms with Crippen LogP contribution in [0.4, 0.5) is 0 Å². The van der Waals surface area contributed by atoms with Gasteiger partial charge < -0.3 is 14.8 Å². The zero-order valence-corrected chi connectivity index (χ0v) is 13.8. The Labute approximate surface area is 142 Å². The zero-order chi connectivity index (χ0) is 17.0. The standard InChI is InChI=1S/C16H16N4O3S/c1-16(22,13-3-2-6-23-13)10-19-14(21)7-11-9-24-15(20-11)12-8-17-4-5-18-12/h2-6,8-9,22H,7,10H2,1H3,(H,19,21). The van der Waals surface area contributed by atoms with Crippen molar-refractivity contribution in [3.63, 3.8) is 0 Å². The smallest absolute Gasteiger partial charge is 0.226 e. The predicted octanol–water partition coefficient (Wildman–Crippen LogP) is 1.76. The first kappa shape index (κ1) is 16.3. The Morgan fingerprint density at radius 1 is 1.46 bits per heavy atom. The number of nitrogens with one attached hydrogen (secondary N) is 1. The molecule has 3 aromatic heterocycles. The first-order chi connectivity index (χ1) is 11.5. The van der Waals surface area contributed by atoms with Crippen LogP contribution in [0.3, 0.4) is 0 Å². The lowest BCUT2D eigenvalue weighted by molar-refractivity contribution is -0.121. The molecule has 124 valence electrons. The molecule has 0 aromatic carbocycles. The second-order valence-corrected chi connectivity index (χ2v) is 6.30. The number of hydrogen-bond acceptors (Lipinski definition) is 7. The molecule has 7 nitrogen and oxygen atoms in total. The van der Waals surface area contributed by atoms with E-state index in [0.717, 1.165) is 0 Å². The maximum absolute atomic E-state index is 12.1. The maximum atomic E-state index is 12.1. The third kappa shape index (κ3) is 3.84. The summed E-state index contributed by atoms with van der Waals surface area (Å²) in [6.07, 6.45) is 6.43. The lowest BCUT2D eigenvalue weighted by Gasteiger charge is -2.20. The average Bonchev–Trinajstić information content (AvgIpc) is 3.26. The van der Waals surface area contributed by atoms with Crippen LogP contribution in [0.5, 0.6) is 0 Å². The molecule has 0 bridgehead atoms. The minimum Gasteiger partial charge on any atom is -0.466 e. The van der Waals surface area contributed by atoms with Crippen LogP contribution in [0, 0.1) is 0 Å². The molecule has 0 aliphatic carbocycles. The van der Waals surface area contributed by atoms with Crippen molar-refractivity contribution in [2.24, 2.45) is 0 Å². The maximum Gasteiger partial charge on any atom is 0.226 e. The number of aliphatic hydroxyl groups is 1. The Balaban J connectivity index is 1.57. The van der Waals surface area contributed by atoms with E-state index < -0.39 is 5.60 Å². The number of carbonyl (C=O) groups excluding carboxylic acids is 1. The highest BCUT2D eigenvalue weighted by Crippen LogP contribution is 2.22. The molecular formula is C16H16N4O3S. The van der Waals surface area contributed by atoms with Gasteiger partial charge in [0.15, 0.2) is 0 Å². The van der Waals surface area contributed by atoms with Crippen molar-refractivity contribution in [2.75, 3.05) is 6.54 Å². The number of hydrogen-bond donors (Lipinski definition) is 2. The van der Waals surface area contributed by atoms with Gasteiger partial charge in [-0.2, -0.15) is 0 Å². The molecule has 8 heteroatoms. The van der Waals surface area contributed by atoms with Crippen molar-refractivity contribution in [1.29, 1.82) is 0 Å². The second-order valence-electron chi connectivity index (χ2n) is 5.44. The summed E-state index contributed by atoms with van der Waals surface area (Å²) in [6, 6.07) is 3.36. The molecule has 2 N–H and O–H groups in total. The van der Waals surface area contributed by atoms with Gasteiger partial charge in [0.05, 0.1) is 31.1 Å². The molecule has 0 radical (unpaired) electrons. The normalized spacial score (nSPS) is 13.4. The molecule has 1 atom stereocenters. The number of rotatable bonds is 6. The molecular weight excluding hydrogens is 328 g/mol. The molecule has 0 saturated heterocycles. The Morgan fingerprint density at radius 3 is 3.04 bits per heavy atom. The van der Waals surface area contributed by atoms with Crippen molar-refractivity contribution < 1.29 is 14.3 Å². The fourth-order valence-corrected chi connectivity index (χ4v) is 2.86. The SMILES string of the molecule is CC(O)(CNC(=O)Cc1csc(-c2cnccn2)n1)c1ccco1. The van der Waals surface area contributed by atoms with Crippen molar-refractivity contribution in [3.05, 3.63) is 53.8 Å². The van der Waals surface area contributed by atoms with Crippen LogP contribution in [-0.4, -0.2) is 32.5 Å². The third-order valence-corrected chi connectivity index (χ3v) is 4.27. The summed E-state index contributed by atoms with van der Waals surface area (Å²) >= 11 is 1.41. The summed E-state index contributed by atoms with van der Waals surface area (Å²) < 4.78 is 5.18. The Bertz CT molecular complexity index is 800. The van der Waals surface area contributed by atoms with Crippen LogP contribution in [-0.2, 0) is 16.8 Å². The number of carbonyl (C=O) groups is 1. The summed E-state index contributed by atoms with van der Waals surface area (Å²) in [5, 5.41) is 15.5. The lowest BCUT2D eigenvalue weighted by atomic mass is 10.0. The van der Waals surface area contributed by atoms with E-state index in [9.17, 15) is 9.90 Å². The van der Waals surface area contributed by atoms with Crippen molar-refractivity contribution in [1.82, 2.24) is 20.3 Å². The highest BCUT2D eigenvalue weighted by molar-refractivity contribution is 7.13. The first-order valence-electron chi connectivity index (χ1n) is 7.28. The van der Waals surface area contributed by atoms with Crippen LogP contribution < -0.4 is 5.32 Å². The van der Waals surface area contributed by atoms with Gasteiger partial charge in [0, 0.05) is 17.8 Å². The van der Waals surface area contributed by atoms with E-state index >= 15 is 0 Å². The topological polar surface area (TPSA) is 101 Å². The summed E-state index contributed by atoms with van der Waals surface area (Å²) in [7, 11) is 0.